The van der Waals surface area contributed by atoms with Crippen LogP contribution in [0.1, 0.15) is 17.5 Å². The van der Waals surface area contributed by atoms with Crippen molar-refractivity contribution in [1.82, 2.24) is 4.90 Å². The monoisotopic (exact) mass is 349 g/mol. The van der Waals surface area contributed by atoms with Gasteiger partial charge < -0.3 is 9.64 Å². The summed E-state index contributed by atoms with van der Waals surface area (Å²) in [5.74, 6) is 0.631. The largest absolute Gasteiger partial charge is 0.495 e. The lowest BCUT2D eigenvalue weighted by Gasteiger charge is -2.31. The first-order valence-corrected chi connectivity index (χ1v) is 8.82. The molecule has 0 aromatic heterocycles. The second-order valence-electron chi connectivity index (χ2n) is 6.35. The van der Waals surface area contributed by atoms with E-state index in [0.717, 1.165) is 19.5 Å². The SMILES string of the molecule is COc1ccccc1N(CCC#N)C(=O)CN1CCc2ccccc2C1. The van der Waals surface area contributed by atoms with Crippen molar-refractivity contribution in [1.29, 1.82) is 5.26 Å². The maximum atomic E-state index is 13.0. The van der Waals surface area contributed by atoms with Crippen molar-refractivity contribution < 1.29 is 9.53 Å². The Morgan fingerprint density at radius 2 is 1.92 bits per heavy atom. The Kier molecular flexibility index (Phi) is 5.88. The molecular formula is C21H23N3O2. The Balaban J connectivity index is 1.75. The van der Waals surface area contributed by atoms with E-state index in [1.807, 2.05) is 30.3 Å². The van der Waals surface area contributed by atoms with Crippen LogP contribution in [0.4, 0.5) is 5.69 Å². The van der Waals surface area contributed by atoms with Crippen LogP contribution in [0, 0.1) is 11.3 Å². The Hall–Kier alpha value is -2.84. The predicted octanol–water partition coefficient (Wildman–Crippen LogP) is 3.00. The zero-order valence-corrected chi connectivity index (χ0v) is 15.0. The molecule has 0 radical (unpaired) electrons. The lowest BCUT2D eigenvalue weighted by molar-refractivity contribution is -0.120. The first-order chi connectivity index (χ1) is 12.7. The second-order valence-corrected chi connectivity index (χ2v) is 6.35. The molecule has 3 rings (SSSR count). The summed E-state index contributed by atoms with van der Waals surface area (Å²) in [6.07, 6.45) is 1.24. The molecule has 5 heteroatoms. The normalized spacial score (nSPS) is 13.5. The number of amides is 1. The van der Waals surface area contributed by atoms with Gasteiger partial charge in [0.25, 0.3) is 0 Å². The van der Waals surface area contributed by atoms with Crippen LogP contribution in [0.25, 0.3) is 0 Å². The molecule has 1 aliphatic rings. The minimum Gasteiger partial charge on any atom is -0.495 e. The second kappa shape index (κ2) is 8.50. The third-order valence-corrected chi connectivity index (χ3v) is 4.69. The third-order valence-electron chi connectivity index (χ3n) is 4.69. The average Bonchev–Trinajstić information content (AvgIpc) is 2.68. The summed E-state index contributed by atoms with van der Waals surface area (Å²) in [7, 11) is 1.59. The maximum Gasteiger partial charge on any atom is 0.241 e. The predicted molar refractivity (Wildman–Crippen MR) is 101 cm³/mol. The fourth-order valence-electron chi connectivity index (χ4n) is 3.36. The van der Waals surface area contributed by atoms with E-state index in [9.17, 15) is 4.79 Å². The van der Waals surface area contributed by atoms with Crippen molar-refractivity contribution in [2.75, 3.05) is 31.6 Å². The van der Waals surface area contributed by atoms with Gasteiger partial charge in [0.2, 0.25) is 5.91 Å². The van der Waals surface area contributed by atoms with Crippen molar-refractivity contribution in [2.45, 2.75) is 19.4 Å². The van der Waals surface area contributed by atoms with Gasteiger partial charge in [-0.05, 0) is 29.7 Å². The van der Waals surface area contributed by atoms with Crippen LogP contribution in [0.5, 0.6) is 5.75 Å². The van der Waals surface area contributed by atoms with Gasteiger partial charge in [-0.25, -0.2) is 0 Å². The van der Waals surface area contributed by atoms with Crippen molar-refractivity contribution in [3.8, 4) is 11.8 Å². The van der Waals surface area contributed by atoms with Gasteiger partial charge in [0, 0.05) is 19.6 Å². The number of hydrogen-bond donors (Lipinski definition) is 0. The molecule has 0 bridgehead atoms. The highest BCUT2D eigenvalue weighted by molar-refractivity contribution is 5.96. The topological polar surface area (TPSA) is 56.6 Å². The van der Waals surface area contributed by atoms with E-state index in [-0.39, 0.29) is 12.3 Å². The molecule has 1 heterocycles. The molecule has 26 heavy (non-hydrogen) atoms. The fraction of sp³-hybridized carbons (Fsp3) is 0.333. The highest BCUT2D eigenvalue weighted by atomic mass is 16.5. The molecule has 2 aromatic carbocycles. The summed E-state index contributed by atoms with van der Waals surface area (Å²) < 4.78 is 5.40. The van der Waals surface area contributed by atoms with E-state index in [2.05, 4.69) is 29.2 Å². The number of carbonyl (C=O) groups is 1. The van der Waals surface area contributed by atoms with E-state index < -0.39 is 0 Å². The molecule has 0 spiro atoms. The summed E-state index contributed by atoms with van der Waals surface area (Å²) in [4.78, 5) is 16.9. The highest BCUT2D eigenvalue weighted by Gasteiger charge is 2.23. The number of methoxy groups -OCH3 is 1. The first-order valence-electron chi connectivity index (χ1n) is 8.82. The average molecular weight is 349 g/mol. The van der Waals surface area contributed by atoms with Gasteiger partial charge in [-0.2, -0.15) is 5.26 Å². The van der Waals surface area contributed by atoms with E-state index in [4.69, 9.17) is 10.00 Å². The van der Waals surface area contributed by atoms with Gasteiger partial charge in [0.1, 0.15) is 5.75 Å². The quantitative estimate of drug-likeness (QED) is 0.804. The standard InChI is InChI=1S/C21H23N3O2/c1-26-20-10-5-4-9-19(20)24(13-6-12-22)21(25)16-23-14-11-17-7-2-3-8-18(17)15-23/h2-5,7-10H,6,11,13-16H2,1H3. The molecule has 0 atom stereocenters. The Morgan fingerprint density at radius 3 is 2.69 bits per heavy atom. The van der Waals surface area contributed by atoms with Crippen molar-refractivity contribution in [2.24, 2.45) is 0 Å². The number of nitriles is 1. The molecule has 0 N–H and O–H groups in total. The van der Waals surface area contributed by atoms with E-state index in [1.54, 1.807) is 12.0 Å². The van der Waals surface area contributed by atoms with Gasteiger partial charge in [-0.15, -0.1) is 0 Å². The molecular weight excluding hydrogens is 326 g/mol. The number of nitrogens with zero attached hydrogens (tertiary/aromatic N) is 3. The van der Waals surface area contributed by atoms with Gasteiger partial charge in [-0.1, -0.05) is 36.4 Å². The van der Waals surface area contributed by atoms with Crippen molar-refractivity contribution in [3.05, 3.63) is 59.7 Å². The Labute approximate surface area is 154 Å². The molecule has 134 valence electrons. The van der Waals surface area contributed by atoms with Crippen LogP contribution < -0.4 is 9.64 Å². The summed E-state index contributed by atoms with van der Waals surface area (Å²) in [6, 6.07) is 18.0. The number of carbonyl (C=O) groups excluding carboxylic acids is 1. The lowest BCUT2D eigenvalue weighted by atomic mass is 10.00. The number of hydrogen-bond acceptors (Lipinski definition) is 4. The van der Waals surface area contributed by atoms with Crippen LogP contribution in [-0.4, -0.2) is 37.6 Å². The summed E-state index contributed by atoms with van der Waals surface area (Å²) >= 11 is 0. The van der Waals surface area contributed by atoms with E-state index >= 15 is 0 Å². The molecule has 0 saturated heterocycles. The third kappa shape index (κ3) is 4.04. The van der Waals surface area contributed by atoms with Gasteiger partial charge >= 0.3 is 0 Å². The highest BCUT2D eigenvalue weighted by Crippen LogP contribution is 2.28. The fourth-order valence-corrected chi connectivity index (χ4v) is 3.36. The number of rotatable bonds is 6. The maximum absolute atomic E-state index is 13.0. The minimum atomic E-state index is -0.0101. The van der Waals surface area contributed by atoms with Crippen LogP contribution in [0.2, 0.25) is 0 Å². The zero-order valence-electron chi connectivity index (χ0n) is 15.0. The summed E-state index contributed by atoms with van der Waals surface area (Å²) in [5.41, 5.74) is 3.36. The number of benzene rings is 2. The zero-order chi connectivity index (χ0) is 18.4. The molecule has 0 saturated carbocycles. The van der Waals surface area contributed by atoms with Crippen molar-refractivity contribution in [3.63, 3.8) is 0 Å². The van der Waals surface area contributed by atoms with Crippen LogP contribution >= 0.6 is 0 Å². The van der Waals surface area contributed by atoms with E-state index in [0.29, 0.717) is 24.5 Å². The molecule has 0 fully saturated rings. The molecule has 0 unspecified atom stereocenters. The van der Waals surface area contributed by atoms with Crippen molar-refractivity contribution >= 4 is 11.6 Å². The van der Waals surface area contributed by atoms with Gasteiger partial charge in [-0.3, -0.25) is 9.69 Å². The number of para-hydroxylation sites is 2. The summed E-state index contributed by atoms with van der Waals surface area (Å²) in [5, 5.41) is 8.97. The van der Waals surface area contributed by atoms with Crippen LogP contribution in [0.3, 0.4) is 0 Å². The molecule has 2 aromatic rings. The van der Waals surface area contributed by atoms with Gasteiger partial charge in [0.05, 0.1) is 31.8 Å². The Bertz CT molecular complexity index is 813. The minimum absolute atomic E-state index is 0.0101. The Morgan fingerprint density at radius 1 is 1.19 bits per heavy atom. The smallest absolute Gasteiger partial charge is 0.241 e. The first kappa shape index (κ1) is 18.0. The lowest BCUT2D eigenvalue weighted by Crippen LogP contribution is -2.42. The molecule has 5 nitrogen and oxygen atoms in total. The summed E-state index contributed by atoms with van der Waals surface area (Å²) in [6.45, 7) is 2.33. The molecule has 1 aliphatic heterocycles. The van der Waals surface area contributed by atoms with E-state index in [1.165, 1.54) is 11.1 Å². The number of anilines is 1. The van der Waals surface area contributed by atoms with Gasteiger partial charge in [0.15, 0.2) is 0 Å². The van der Waals surface area contributed by atoms with Crippen LogP contribution in [0.15, 0.2) is 48.5 Å². The van der Waals surface area contributed by atoms with Crippen LogP contribution in [-0.2, 0) is 17.8 Å². The number of ether oxygens (including phenoxy) is 1. The number of fused-ring (bicyclic) bond motifs is 1. The molecule has 0 aliphatic carbocycles. The molecule has 1 amide bonds.